The molecular weight excluding hydrogens is 184 g/mol. The predicted molar refractivity (Wildman–Crippen MR) is 49.8 cm³/mol. The van der Waals surface area contributed by atoms with E-state index >= 15 is 0 Å². The Morgan fingerprint density at radius 1 is 1.71 bits per heavy atom. The lowest BCUT2D eigenvalue weighted by molar-refractivity contribution is -0.142. The first-order valence-electron chi connectivity index (χ1n) is 4.08. The summed E-state index contributed by atoms with van der Waals surface area (Å²) in [5, 5.41) is 17.8. The highest BCUT2D eigenvalue weighted by Gasteiger charge is 2.28. The van der Waals surface area contributed by atoms with Crippen LogP contribution in [-0.4, -0.2) is 26.7 Å². The van der Waals surface area contributed by atoms with Crippen LogP contribution in [0.3, 0.4) is 0 Å². The first kappa shape index (κ1) is 10.5. The highest BCUT2D eigenvalue weighted by molar-refractivity contribution is 5.78. The van der Waals surface area contributed by atoms with E-state index in [-0.39, 0.29) is 12.3 Å². The van der Waals surface area contributed by atoms with Crippen molar-refractivity contribution in [2.45, 2.75) is 18.9 Å². The van der Waals surface area contributed by atoms with E-state index in [0.717, 1.165) is 0 Å². The minimum Gasteiger partial charge on any atom is -0.493 e. The number of carboxylic acids is 1. The van der Waals surface area contributed by atoms with E-state index in [9.17, 15) is 4.79 Å². The smallest absolute Gasteiger partial charge is 0.323 e. The molecule has 0 aliphatic carbocycles. The van der Waals surface area contributed by atoms with Gasteiger partial charge in [-0.2, -0.15) is 0 Å². The quantitative estimate of drug-likeness (QED) is 0.638. The van der Waals surface area contributed by atoms with Crippen LogP contribution >= 0.6 is 0 Å². The van der Waals surface area contributed by atoms with Gasteiger partial charge in [-0.1, -0.05) is 0 Å². The Morgan fingerprint density at radius 2 is 2.36 bits per heavy atom. The van der Waals surface area contributed by atoms with Gasteiger partial charge in [0.25, 0.3) is 0 Å². The van der Waals surface area contributed by atoms with Crippen molar-refractivity contribution in [3.63, 3.8) is 0 Å². The molecule has 0 fully saturated rings. The van der Waals surface area contributed by atoms with Crippen molar-refractivity contribution in [3.8, 4) is 5.88 Å². The van der Waals surface area contributed by atoms with Crippen molar-refractivity contribution in [2.75, 3.05) is 0 Å². The summed E-state index contributed by atoms with van der Waals surface area (Å²) >= 11 is 0. The van der Waals surface area contributed by atoms with Crippen LogP contribution in [0.5, 0.6) is 5.88 Å². The van der Waals surface area contributed by atoms with Crippen molar-refractivity contribution in [3.05, 3.63) is 23.9 Å². The zero-order chi connectivity index (χ0) is 10.8. The number of nitrogens with two attached hydrogens (primary N) is 1. The summed E-state index contributed by atoms with van der Waals surface area (Å²) in [6.45, 7) is 1.42. The van der Waals surface area contributed by atoms with E-state index in [2.05, 4.69) is 4.98 Å². The fourth-order valence-corrected chi connectivity index (χ4v) is 1.07. The number of aromatic nitrogens is 1. The number of rotatable bonds is 3. The molecule has 0 spiro atoms. The van der Waals surface area contributed by atoms with Crippen molar-refractivity contribution in [1.29, 1.82) is 0 Å². The molecular formula is C9H12N2O3. The molecule has 0 aliphatic heterocycles. The van der Waals surface area contributed by atoms with Gasteiger partial charge in [0.2, 0.25) is 5.88 Å². The molecule has 0 aromatic carbocycles. The first-order valence-corrected chi connectivity index (χ1v) is 4.08. The minimum atomic E-state index is -1.33. The molecule has 0 saturated heterocycles. The van der Waals surface area contributed by atoms with Crippen LogP contribution in [0.15, 0.2) is 18.3 Å². The van der Waals surface area contributed by atoms with E-state index in [1.807, 2.05) is 0 Å². The Kier molecular flexibility index (Phi) is 2.71. The van der Waals surface area contributed by atoms with Crippen LogP contribution in [0.2, 0.25) is 0 Å². The topological polar surface area (TPSA) is 96.4 Å². The number of nitrogens with zero attached hydrogens (tertiary/aromatic N) is 1. The number of aromatic hydroxyl groups is 1. The molecule has 1 heterocycles. The van der Waals surface area contributed by atoms with Crippen LogP contribution in [0.4, 0.5) is 0 Å². The Labute approximate surface area is 81.2 Å². The third-order valence-electron chi connectivity index (χ3n) is 1.87. The molecule has 0 bridgehead atoms. The Hall–Kier alpha value is -1.62. The summed E-state index contributed by atoms with van der Waals surface area (Å²) in [6.07, 6.45) is 1.56. The van der Waals surface area contributed by atoms with Crippen LogP contribution in [-0.2, 0) is 11.2 Å². The summed E-state index contributed by atoms with van der Waals surface area (Å²) in [5.41, 5.74) is 4.86. The molecule has 5 nitrogen and oxygen atoms in total. The van der Waals surface area contributed by atoms with E-state index in [1.165, 1.54) is 19.2 Å². The maximum atomic E-state index is 10.7. The number of hydrogen-bond donors (Lipinski definition) is 3. The molecule has 1 rings (SSSR count). The number of carbonyl (C=O) groups is 1. The van der Waals surface area contributed by atoms with Crippen molar-refractivity contribution < 1.29 is 15.0 Å². The van der Waals surface area contributed by atoms with Gasteiger partial charge < -0.3 is 15.9 Å². The average molecular weight is 196 g/mol. The van der Waals surface area contributed by atoms with Crippen LogP contribution in [0.1, 0.15) is 12.5 Å². The summed E-state index contributed by atoms with van der Waals surface area (Å²) in [6, 6.07) is 3.02. The van der Waals surface area contributed by atoms with E-state index in [0.29, 0.717) is 5.56 Å². The monoisotopic (exact) mass is 196 g/mol. The Balaban J connectivity index is 2.83. The van der Waals surface area contributed by atoms with Gasteiger partial charge in [0.15, 0.2) is 0 Å². The second kappa shape index (κ2) is 3.63. The second-order valence-electron chi connectivity index (χ2n) is 3.42. The predicted octanol–water partition coefficient (Wildman–Crippen LogP) is 0.132. The lowest BCUT2D eigenvalue weighted by Gasteiger charge is -2.18. The second-order valence-corrected chi connectivity index (χ2v) is 3.42. The summed E-state index contributed by atoms with van der Waals surface area (Å²) in [7, 11) is 0. The average Bonchev–Trinajstić information content (AvgIpc) is 2.02. The van der Waals surface area contributed by atoms with Crippen LogP contribution in [0.25, 0.3) is 0 Å². The minimum absolute atomic E-state index is 0.135. The number of carboxylic acid groups (broad SMARTS) is 1. The molecule has 0 radical (unpaired) electrons. The van der Waals surface area contributed by atoms with Gasteiger partial charge in [-0.3, -0.25) is 4.79 Å². The molecule has 1 aromatic rings. The lowest BCUT2D eigenvalue weighted by Crippen LogP contribution is -2.46. The molecule has 4 N–H and O–H groups in total. The van der Waals surface area contributed by atoms with Gasteiger partial charge in [-0.05, 0) is 18.6 Å². The third-order valence-corrected chi connectivity index (χ3v) is 1.87. The van der Waals surface area contributed by atoms with Gasteiger partial charge in [0.05, 0.1) is 0 Å². The fourth-order valence-electron chi connectivity index (χ4n) is 1.07. The van der Waals surface area contributed by atoms with E-state index in [1.54, 1.807) is 6.07 Å². The van der Waals surface area contributed by atoms with Gasteiger partial charge in [0, 0.05) is 18.7 Å². The molecule has 1 unspecified atom stereocenters. The van der Waals surface area contributed by atoms with Crippen LogP contribution < -0.4 is 5.73 Å². The fraction of sp³-hybridized carbons (Fsp3) is 0.333. The largest absolute Gasteiger partial charge is 0.493 e. The van der Waals surface area contributed by atoms with Gasteiger partial charge in [-0.15, -0.1) is 0 Å². The van der Waals surface area contributed by atoms with E-state index in [4.69, 9.17) is 15.9 Å². The Morgan fingerprint density at radius 3 is 2.86 bits per heavy atom. The zero-order valence-electron chi connectivity index (χ0n) is 7.77. The number of pyridine rings is 1. The molecule has 0 amide bonds. The SMILES string of the molecule is CC(N)(Cc1ccnc(O)c1)C(=O)O. The molecule has 1 aromatic heterocycles. The van der Waals surface area contributed by atoms with Crippen molar-refractivity contribution in [2.24, 2.45) is 5.73 Å². The summed E-state index contributed by atoms with van der Waals surface area (Å²) < 4.78 is 0. The molecule has 76 valence electrons. The molecule has 14 heavy (non-hydrogen) atoms. The standard InChI is InChI=1S/C9H12N2O3/c1-9(10,8(13)14)5-6-2-3-11-7(12)4-6/h2-4H,5,10H2,1H3,(H,11,12)(H,13,14). The summed E-state index contributed by atoms with van der Waals surface area (Å²) in [5.74, 6) is -1.21. The van der Waals surface area contributed by atoms with E-state index < -0.39 is 11.5 Å². The Bertz CT molecular complexity index is 350. The first-order chi connectivity index (χ1) is 6.42. The molecule has 0 aliphatic rings. The highest BCUT2D eigenvalue weighted by atomic mass is 16.4. The van der Waals surface area contributed by atoms with Gasteiger partial charge in [-0.25, -0.2) is 4.98 Å². The lowest BCUT2D eigenvalue weighted by atomic mass is 9.95. The summed E-state index contributed by atoms with van der Waals surface area (Å²) in [4.78, 5) is 14.3. The maximum absolute atomic E-state index is 10.7. The zero-order valence-corrected chi connectivity index (χ0v) is 7.77. The van der Waals surface area contributed by atoms with Gasteiger partial charge >= 0.3 is 5.97 Å². The van der Waals surface area contributed by atoms with Gasteiger partial charge in [0.1, 0.15) is 5.54 Å². The molecule has 5 heteroatoms. The molecule has 1 atom stereocenters. The highest BCUT2D eigenvalue weighted by Crippen LogP contribution is 2.13. The third kappa shape index (κ3) is 2.43. The van der Waals surface area contributed by atoms with Crippen molar-refractivity contribution in [1.82, 2.24) is 4.98 Å². The number of aliphatic carboxylic acids is 1. The normalized spacial score (nSPS) is 14.7. The molecule has 0 saturated carbocycles. The number of hydrogen-bond acceptors (Lipinski definition) is 4. The maximum Gasteiger partial charge on any atom is 0.323 e. The van der Waals surface area contributed by atoms with Crippen molar-refractivity contribution >= 4 is 5.97 Å². The van der Waals surface area contributed by atoms with Crippen LogP contribution in [0, 0.1) is 0 Å².